The number of esters is 4. The summed E-state index contributed by atoms with van der Waals surface area (Å²) in [5, 5.41) is 21.5. The Bertz CT molecular complexity index is 1440. The van der Waals surface area contributed by atoms with Crippen molar-refractivity contribution in [1.29, 1.82) is 0 Å². The zero-order valence-corrected chi connectivity index (χ0v) is 56.7. The molecular formula is C74H138O12. The van der Waals surface area contributed by atoms with Crippen molar-refractivity contribution < 1.29 is 57.9 Å². The summed E-state index contributed by atoms with van der Waals surface area (Å²) in [5.41, 5.74) is 0. The van der Waals surface area contributed by atoms with Gasteiger partial charge in [-0.3, -0.25) is 19.2 Å². The first-order valence-electron chi connectivity index (χ1n) is 37.3. The Labute approximate surface area is 528 Å². The van der Waals surface area contributed by atoms with E-state index in [0.29, 0.717) is 25.7 Å². The number of hydrogen-bond donors (Lipinski definition) is 2. The van der Waals surface area contributed by atoms with Crippen molar-refractivity contribution >= 4 is 35.8 Å². The summed E-state index contributed by atoms with van der Waals surface area (Å²) in [6.07, 6.45) is 53.4. The Kier molecular flexibility index (Phi) is 62.4. The minimum Gasteiger partial charge on any atom is -0.478 e. The molecular weight excluding hydrogens is 1080 g/mol. The largest absolute Gasteiger partial charge is 0.478 e. The Balaban J connectivity index is 6.07. The maximum absolute atomic E-state index is 13.8. The van der Waals surface area contributed by atoms with E-state index in [9.17, 15) is 39.0 Å². The maximum Gasteiger partial charge on any atom is 0.349 e. The second-order valence-electron chi connectivity index (χ2n) is 25.8. The second kappa shape index (κ2) is 64.8. The molecule has 0 unspecified atom stereocenters. The monoisotopic (exact) mass is 1220 g/mol. The van der Waals surface area contributed by atoms with E-state index in [1.807, 2.05) is 0 Å². The van der Waals surface area contributed by atoms with Crippen molar-refractivity contribution in [3.05, 3.63) is 0 Å². The van der Waals surface area contributed by atoms with Gasteiger partial charge in [0, 0.05) is 25.7 Å². The van der Waals surface area contributed by atoms with Gasteiger partial charge in [0.05, 0.1) is 0 Å². The molecule has 86 heavy (non-hydrogen) atoms. The lowest BCUT2D eigenvalue weighted by molar-refractivity contribution is -0.209. The van der Waals surface area contributed by atoms with Crippen LogP contribution < -0.4 is 0 Å². The van der Waals surface area contributed by atoms with E-state index < -0.39 is 60.2 Å². The van der Waals surface area contributed by atoms with Crippen molar-refractivity contribution in [2.24, 2.45) is 0 Å². The van der Waals surface area contributed by atoms with Crippen LogP contribution in [0.1, 0.15) is 413 Å². The molecule has 0 aliphatic rings. The minimum absolute atomic E-state index is 0.109. The first-order valence-corrected chi connectivity index (χ1v) is 37.3. The number of carbonyl (C=O) groups excluding carboxylic acids is 4. The van der Waals surface area contributed by atoms with Crippen molar-refractivity contribution in [1.82, 2.24) is 0 Å². The summed E-state index contributed by atoms with van der Waals surface area (Å²) >= 11 is 0. The van der Waals surface area contributed by atoms with Gasteiger partial charge < -0.3 is 29.2 Å². The van der Waals surface area contributed by atoms with Crippen molar-refractivity contribution in [3.63, 3.8) is 0 Å². The molecule has 0 rings (SSSR count). The normalized spacial score (nSPS) is 12.8. The minimum atomic E-state index is -2.25. The lowest BCUT2D eigenvalue weighted by Crippen LogP contribution is -2.56. The van der Waals surface area contributed by atoms with E-state index in [0.717, 1.165) is 103 Å². The number of rotatable bonds is 69. The molecule has 0 bridgehead atoms. The Morgan fingerprint density at radius 3 is 0.477 bits per heavy atom. The van der Waals surface area contributed by atoms with Gasteiger partial charge >= 0.3 is 35.8 Å². The van der Waals surface area contributed by atoms with Crippen molar-refractivity contribution in [3.8, 4) is 0 Å². The smallest absolute Gasteiger partial charge is 0.349 e. The molecule has 0 aromatic carbocycles. The predicted molar refractivity (Wildman–Crippen MR) is 355 cm³/mol. The third kappa shape index (κ3) is 54.9. The highest BCUT2D eigenvalue weighted by Crippen LogP contribution is 2.25. The average molecular weight is 1220 g/mol. The number of unbranched alkanes of at least 4 members (excludes halogenated alkanes) is 52. The number of ether oxygens (including phenoxy) is 4. The van der Waals surface area contributed by atoms with Crippen LogP contribution in [0.2, 0.25) is 0 Å². The van der Waals surface area contributed by atoms with Crippen LogP contribution in [0.5, 0.6) is 0 Å². The number of carboxylic acids is 2. The standard InChI is InChI=1S/C74H138O12/c1-5-9-13-17-21-25-29-33-37-41-45-49-53-57-61-65(75)83-69(71(73(79)80)85-67(77)63-59-55-51-47-43-39-35-31-27-23-19-15-11-7-3)70(84-66(76)62-58-54-50-46-42-38-34-30-26-22-18-14-10-6-2)72(74(81)82)86-68(78)64-60-56-52-48-44-40-36-32-28-24-20-16-12-8-4/h69-72H,5-64H2,1-4H3,(H,79,80)(H,81,82)/t69-,70+,71+,72-. The van der Waals surface area contributed by atoms with E-state index in [4.69, 9.17) is 18.9 Å². The van der Waals surface area contributed by atoms with Gasteiger partial charge in [0.25, 0.3) is 0 Å². The van der Waals surface area contributed by atoms with Gasteiger partial charge in [-0.05, 0) is 25.7 Å². The van der Waals surface area contributed by atoms with Gasteiger partial charge in [0.2, 0.25) is 12.2 Å². The van der Waals surface area contributed by atoms with Gasteiger partial charge in [-0.25, -0.2) is 9.59 Å². The molecule has 0 saturated carbocycles. The third-order valence-electron chi connectivity index (χ3n) is 17.4. The van der Waals surface area contributed by atoms with E-state index >= 15 is 0 Å². The highest BCUT2D eigenvalue weighted by atomic mass is 16.6. The fourth-order valence-electron chi connectivity index (χ4n) is 11.8. The highest BCUT2D eigenvalue weighted by Gasteiger charge is 2.50. The molecule has 0 saturated heterocycles. The average Bonchev–Trinajstić information content (AvgIpc) is 2.16. The zero-order chi connectivity index (χ0) is 63.0. The third-order valence-corrected chi connectivity index (χ3v) is 17.4. The molecule has 0 heterocycles. The molecule has 0 spiro atoms. The molecule has 0 aliphatic heterocycles. The topological polar surface area (TPSA) is 180 Å². The summed E-state index contributed by atoms with van der Waals surface area (Å²) in [6.45, 7) is 8.95. The molecule has 0 aromatic heterocycles. The zero-order valence-electron chi connectivity index (χ0n) is 56.7. The maximum atomic E-state index is 13.8. The van der Waals surface area contributed by atoms with Gasteiger partial charge in [-0.1, -0.05) is 362 Å². The summed E-state index contributed by atoms with van der Waals surface area (Å²) < 4.78 is 23.0. The fraction of sp³-hybridized carbons (Fsp3) is 0.919. The van der Waals surface area contributed by atoms with Gasteiger partial charge in [0.15, 0.2) is 12.2 Å². The molecule has 0 aliphatic carbocycles. The molecule has 12 nitrogen and oxygen atoms in total. The molecule has 0 radical (unpaired) electrons. The van der Waals surface area contributed by atoms with Crippen molar-refractivity contribution in [2.75, 3.05) is 0 Å². The second-order valence-corrected chi connectivity index (χ2v) is 25.8. The summed E-state index contributed by atoms with van der Waals surface area (Å²) in [7, 11) is 0. The van der Waals surface area contributed by atoms with Gasteiger partial charge in [-0.15, -0.1) is 0 Å². The molecule has 2 N–H and O–H groups in total. The molecule has 0 fully saturated rings. The van der Waals surface area contributed by atoms with Crippen LogP contribution in [0.4, 0.5) is 0 Å². The summed E-state index contributed by atoms with van der Waals surface area (Å²) in [6, 6.07) is 0. The lowest BCUT2D eigenvalue weighted by Gasteiger charge is -2.33. The SMILES string of the molecule is CCCCCCCCCCCCCCCCC(=O)O[C@H]([C@H](OC(=O)CCCCCCCCCCCCCCCC)[C@@H](OC(=O)CCCCCCCCCCCCCCCC)C(=O)O)[C@H](OC(=O)CCCCCCCCCCCCCCCC)C(=O)O. The van der Waals surface area contributed by atoms with E-state index in [-0.39, 0.29) is 25.7 Å². The number of carbonyl (C=O) groups is 6. The van der Waals surface area contributed by atoms with Crippen LogP contribution in [0, 0.1) is 0 Å². The lowest BCUT2D eigenvalue weighted by atomic mass is 10.0. The summed E-state index contributed by atoms with van der Waals surface area (Å²) in [4.78, 5) is 81.3. The predicted octanol–water partition coefficient (Wildman–Crippen LogP) is 22.3. The van der Waals surface area contributed by atoms with E-state index in [1.54, 1.807) is 0 Å². The molecule has 12 heteroatoms. The fourth-order valence-corrected chi connectivity index (χ4v) is 11.8. The summed E-state index contributed by atoms with van der Waals surface area (Å²) in [5.74, 6) is -6.85. The molecule has 0 aromatic rings. The van der Waals surface area contributed by atoms with Crippen LogP contribution >= 0.6 is 0 Å². The number of hydrogen-bond acceptors (Lipinski definition) is 10. The quantitative estimate of drug-likeness (QED) is 0.0335. The van der Waals surface area contributed by atoms with Crippen LogP contribution in [-0.4, -0.2) is 70.4 Å². The van der Waals surface area contributed by atoms with Crippen molar-refractivity contribution in [2.45, 2.75) is 437 Å². The number of aliphatic carboxylic acids is 2. The van der Waals surface area contributed by atoms with Crippen LogP contribution in [0.25, 0.3) is 0 Å². The van der Waals surface area contributed by atoms with Gasteiger partial charge in [0.1, 0.15) is 0 Å². The van der Waals surface area contributed by atoms with Crippen LogP contribution in [0.3, 0.4) is 0 Å². The van der Waals surface area contributed by atoms with Crippen LogP contribution in [-0.2, 0) is 47.7 Å². The van der Waals surface area contributed by atoms with E-state index in [1.165, 1.54) is 231 Å². The Morgan fingerprint density at radius 2 is 0.337 bits per heavy atom. The molecule has 4 atom stereocenters. The number of carboxylic acid groups (broad SMARTS) is 2. The first-order chi connectivity index (χ1) is 42.0. The van der Waals surface area contributed by atoms with Crippen LogP contribution in [0.15, 0.2) is 0 Å². The molecule has 506 valence electrons. The molecule has 0 amide bonds. The first kappa shape index (κ1) is 82.8. The highest BCUT2D eigenvalue weighted by molar-refractivity contribution is 5.82. The Hall–Kier alpha value is -3.18. The van der Waals surface area contributed by atoms with E-state index in [2.05, 4.69) is 27.7 Å². The van der Waals surface area contributed by atoms with Gasteiger partial charge in [-0.2, -0.15) is 0 Å². The Morgan fingerprint density at radius 1 is 0.209 bits per heavy atom.